The van der Waals surface area contributed by atoms with E-state index in [1.165, 1.54) is 0 Å². The summed E-state index contributed by atoms with van der Waals surface area (Å²) in [5.41, 5.74) is 0.545. The van der Waals surface area contributed by atoms with Gasteiger partial charge in [0.05, 0.1) is 17.1 Å². The van der Waals surface area contributed by atoms with Gasteiger partial charge in [0.25, 0.3) is 0 Å². The van der Waals surface area contributed by atoms with Crippen LogP contribution in [0.2, 0.25) is 0 Å². The second kappa shape index (κ2) is 4.56. The van der Waals surface area contributed by atoms with Crippen molar-refractivity contribution < 1.29 is 9.66 Å². The van der Waals surface area contributed by atoms with Gasteiger partial charge in [0.15, 0.2) is 0 Å². The molecule has 1 aliphatic heterocycles. The van der Waals surface area contributed by atoms with Crippen LogP contribution >= 0.6 is 0 Å². The molecule has 0 saturated carbocycles. The molecule has 0 spiro atoms. The molecular weight excluding hydrogens is 236 g/mol. The van der Waals surface area contributed by atoms with Crippen LogP contribution in [0, 0.1) is 17.0 Å². The second-order valence-electron chi connectivity index (χ2n) is 4.80. The Balaban J connectivity index is 2.41. The van der Waals surface area contributed by atoms with E-state index in [9.17, 15) is 10.1 Å². The Morgan fingerprint density at radius 3 is 2.44 bits per heavy atom. The number of aryl methyl sites for hydroxylation is 2. The van der Waals surface area contributed by atoms with E-state index in [2.05, 4.69) is 5.10 Å². The zero-order chi connectivity index (χ0) is 13.4. The fourth-order valence-corrected chi connectivity index (χ4v) is 2.55. The Kier molecular flexibility index (Phi) is 3.25. The lowest BCUT2D eigenvalue weighted by atomic mass is 10.2. The number of anilines is 1. The minimum absolute atomic E-state index is 0.0589. The first-order valence-electron chi connectivity index (χ1n) is 5.98. The molecular formula is C11H18N4O3. The molecule has 2 heterocycles. The highest BCUT2D eigenvalue weighted by atomic mass is 16.6. The van der Waals surface area contributed by atoms with Crippen molar-refractivity contribution in [1.82, 2.24) is 9.78 Å². The summed E-state index contributed by atoms with van der Waals surface area (Å²) >= 11 is 0. The molecule has 7 nitrogen and oxygen atoms in total. The highest BCUT2D eigenvalue weighted by Crippen LogP contribution is 2.32. The Bertz CT molecular complexity index is 461. The molecule has 0 radical (unpaired) electrons. The van der Waals surface area contributed by atoms with Gasteiger partial charge < -0.3 is 9.64 Å². The molecule has 0 N–H and O–H groups in total. The molecule has 1 aromatic heterocycles. The van der Waals surface area contributed by atoms with Crippen molar-refractivity contribution in [3.8, 4) is 0 Å². The van der Waals surface area contributed by atoms with Crippen LogP contribution in [0.15, 0.2) is 0 Å². The molecule has 0 aliphatic carbocycles. The summed E-state index contributed by atoms with van der Waals surface area (Å²) in [5, 5.41) is 15.3. The topological polar surface area (TPSA) is 73.4 Å². The number of hydrogen-bond donors (Lipinski definition) is 0. The summed E-state index contributed by atoms with van der Waals surface area (Å²) in [4.78, 5) is 12.8. The first kappa shape index (κ1) is 12.8. The molecule has 2 atom stereocenters. The highest BCUT2D eigenvalue weighted by molar-refractivity contribution is 5.61. The van der Waals surface area contributed by atoms with E-state index in [4.69, 9.17) is 4.74 Å². The fraction of sp³-hybridized carbons (Fsp3) is 0.727. The van der Waals surface area contributed by atoms with Gasteiger partial charge in [0.2, 0.25) is 5.82 Å². The lowest BCUT2D eigenvalue weighted by Crippen LogP contribution is -2.46. The van der Waals surface area contributed by atoms with Gasteiger partial charge in [-0.05, 0) is 20.8 Å². The Labute approximate surface area is 105 Å². The molecule has 1 fully saturated rings. The van der Waals surface area contributed by atoms with Crippen LogP contribution in [-0.2, 0) is 11.8 Å². The summed E-state index contributed by atoms with van der Waals surface area (Å²) in [6.45, 7) is 6.89. The van der Waals surface area contributed by atoms with Gasteiger partial charge in [-0.15, -0.1) is 0 Å². The molecule has 100 valence electrons. The van der Waals surface area contributed by atoms with Crippen molar-refractivity contribution in [3.63, 3.8) is 0 Å². The third kappa shape index (κ3) is 2.17. The third-order valence-corrected chi connectivity index (χ3v) is 3.06. The maximum atomic E-state index is 11.2. The molecule has 0 unspecified atom stereocenters. The lowest BCUT2D eigenvalue weighted by Gasteiger charge is -2.35. The lowest BCUT2D eigenvalue weighted by molar-refractivity contribution is -0.384. The maximum Gasteiger partial charge on any atom is 0.333 e. The smallest absolute Gasteiger partial charge is 0.333 e. The number of aromatic nitrogens is 2. The van der Waals surface area contributed by atoms with Gasteiger partial charge in [-0.3, -0.25) is 10.1 Å². The largest absolute Gasteiger partial charge is 0.372 e. The summed E-state index contributed by atoms with van der Waals surface area (Å²) in [7, 11) is 1.74. The number of nitrogens with zero attached hydrogens (tertiary/aromatic N) is 4. The van der Waals surface area contributed by atoms with E-state index >= 15 is 0 Å². The molecule has 0 amide bonds. The maximum absolute atomic E-state index is 11.2. The molecule has 7 heteroatoms. The van der Waals surface area contributed by atoms with Gasteiger partial charge in [-0.25, -0.2) is 4.68 Å². The minimum atomic E-state index is -0.359. The van der Waals surface area contributed by atoms with Gasteiger partial charge >= 0.3 is 5.69 Å². The summed E-state index contributed by atoms with van der Waals surface area (Å²) in [5.74, 6) is 0.569. The van der Waals surface area contributed by atoms with Gasteiger partial charge in [-0.2, -0.15) is 5.10 Å². The average molecular weight is 254 g/mol. The fourth-order valence-electron chi connectivity index (χ4n) is 2.55. The van der Waals surface area contributed by atoms with Crippen LogP contribution in [0.4, 0.5) is 11.5 Å². The first-order valence-corrected chi connectivity index (χ1v) is 5.98. The van der Waals surface area contributed by atoms with E-state index in [0.717, 1.165) is 0 Å². The molecule has 2 rings (SSSR count). The first-order chi connectivity index (χ1) is 8.40. The Morgan fingerprint density at radius 1 is 1.39 bits per heavy atom. The van der Waals surface area contributed by atoms with Crippen LogP contribution in [0.1, 0.15) is 19.5 Å². The second-order valence-corrected chi connectivity index (χ2v) is 4.80. The Morgan fingerprint density at radius 2 is 1.94 bits per heavy atom. The van der Waals surface area contributed by atoms with E-state index in [1.54, 1.807) is 18.7 Å². The van der Waals surface area contributed by atoms with Crippen LogP contribution in [-0.4, -0.2) is 40.0 Å². The monoisotopic (exact) mass is 254 g/mol. The number of rotatable bonds is 2. The SMILES string of the molecule is Cc1nn(C)c(N2C[C@@H](C)O[C@@H](C)C2)c1[N+](=O)[O-]. The van der Waals surface area contributed by atoms with E-state index in [1.807, 2.05) is 18.7 Å². The predicted molar refractivity (Wildman–Crippen MR) is 66.8 cm³/mol. The summed E-state index contributed by atoms with van der Waals surface area (Å²) in [6, 6.07) is 0. The molecule has 18 heavy (non-hydrogen) atoms. The van der Waals surface area contributed by atoms with Crippen molar-refractivity contribution in [2.75, 3.05) is 18.0 Å². The van der Waals surface area contributed by atoms with Gasteiger partial charge in [0.1, 0.15) is 5.69 Å². The van der Waals surface area contributed by atoms with Gasteiger partial charge in [-0.1, -0.05) is 0 Å². The van der Waals surface area contributed by atoms with Crippen molar-refractivity contribution in [1.29, 1.82) is 0 Å². The summed E-state index contributed by atoms with van der Waals surface area (Å²) in [6.07, 6.45) is 0.118. The van der Waals surface area contributed by atoms with E-state index in [-0.39, 0.29) is 22.8 Å². The van der Waals surface area contributed by atoms with Crippen LogP contribution in [0.5, 0.6) is 0 Å². The highest BCUT2D eigenvalue weighted by Gasteiger charge is 2.32. The third-order valence-electron chi connectivity index (χ3n) is 3.06. The molecule has 0 bridgehead atoms. The number of morpholine rings is 1. The van der Waals surface area contributed by atoms with Crippen LogP contribution in [0.25, 0.3) is 0 Å². The van der Waals surface area contributed by atoms with Crippen LogP contribution < -0.4 is 4.90 Å². The zero-order valence-electron chi connectivity index (χ0n) is 11.1. The molecule has 0 aromatic carbocycles. The average Bonchev–Trinajstić information content (AvgIpc) is 2.51. The van der Waals surface area contributed by atoms with Crippen LogP contribution in [0.3, 0.4) is 0 Å². The van der Waals surface area contributed by atoms with Crippen molar-refractivity contribution in [2.45, 2.75) is 33.0 Å². The van der Waals surface area contributed by atoms with Crippen molar-refractivity contribution in [3.05, 3.63) is 15.8 Å². The number of ether oxygens (including phenoxy) is 1. The van der Waals surface area contributed by atoms with Crippen molar-refractivity contribution in [2.24, 2.45) is 7.05 Å². The quantitative estimate of drug-likeness (QED) is 0.586. The predicted octanol–water partition coefficient (Wildman–Crippen LogP) is 1.25. The Hall–Kier alpha value is -1.63. The van der Waals surface area contributed by atoms with Gasteiger partial charge in [0, 0.05) is 20.1 Å². The molecule has 1 saturated heterocycles. The molecule has 1 aromatic rings. The number of nitro groups is 1. The van der Waals surface area contributed by atoms with E-state index in [0.29, 0.717) is 24.6 Å². The standard InChI is InChI=1S/C11H18N4O3/c1-7-5-14(6-8(2)18-7)11-10(15(16)17)9(3)12-13(11)4/h7-8H,5-6H2,1-4H3/t7-,8+. The summed E-state index contributed by atoms with van der Waals surface area (Å²) < 4.78 is 7.23. The normalized spacial score (nSPS) is 24.3. The molecule has 1 aliphatic rings. The van der Waals surface area contributed by atoms with Crippen molar-refractivity contribution >= 4 is 11.5 Å². The van der Waals surface area contributed by atoms with E-state index < -0.39 is 0 Å². The minimum Gasteiger partial charge on any atom is -0.372 e. The number of hydrogen-bond acceptors (Lipinski definition) is 5. The zero-order valence-corrected chi connectivity index (χ0v) is 11.1.